The summed E-state index contributed by atoms with van der Waals surface area (Å²) >= 11 is 5.87. The van der Waals surface area contributed by atoms with Crippen LogP contribution in [0.2, 0.25) is 0 Å². The van der Waals surface area contributed by atoms with Crippen LogP contribution in [0, 0.1) is 20.8 Å². The van der Waals surface area contributed by atoms with E-state index < -0.39 is 0 Å². The summed E-state index contributed by atoms with van der Waals surface area (Å²) in [6.45, 7) is 8.33. The summed E-state index contributed by atoms with van der Waals surface area (Å²) in [6.07, 6.45) is 0. The molecule has 0 amide bonds. The second-order valence-corrected chi connectivity index (χ2v) is 9.15. The number of anilines is 1. The monoisotopic (exact) mass is 466 g/mol. The Morgan fingerprint density at radius 1 is 0.853 bits per heavy atom. The van der Waals surface area contributed by atoms with E-state index in [4.69, 9.17) is 21.7 Å². The van der Waals surface area contributed by atoms with E-state index in [9.17, 15) is 0 Å². The van der Waals surface area contributed by atoms with Crippen LogP contribution in [-0.2, 0) is 0 Å². The molecule has 0 fully saturated rings. The maximum Gasteiger partial charge on any atom is 0.258 e. The van der Waals surface area contributed by atoms with Gasteiger partial charge in [-0.2, -0.15) is 4.98 Å². The normalized spacial score (nSPS) is 16.1. The number of aryl methyl sites for hydroxylation is 3. The average Bonchev–Trinajstić information content (AvgIpc) is 3.29. The summed E-state index contributed by atoms with van der Waals surface area (Å²) in [5, 5.41) is 8.46. The molecule has 6 heteroatoms. The summed E-state index contributed by atoms with van der Waals surface area (Å²) < 4.78 is 5.84. The largest absolute Gasteiger partial charge is 0.351 e. The van der Waals surface area contributed by atoms with Crippen molar-refractivity contribution in [1.82, 2.24) is 15.5 Å². The molecule has 1 aliphatic rings. The minimum absolute atomic E-state index is 0.209. The molecule has 0 radical (unpaired) electrons. The average molecular weight is 467 g/mol. The van der Waals surface area contributed by atoms with Gasteiger partial charge in [0.05, 0.1) is 11.6 Å². The molecular weight excluding hydrogens is 440 g/mol. The van der Waals surface area contributed by atoms with Gasteiger partial charge in [0.1, 0.15) is 0 Å². The highest BCUT2D eigenvalue weighted by molar-refractivity contribution is 7.80. The predicted octanol–water partition coefficient (Wildman–Crippen LogP) is 6.53. The zero-order chi connectivity index (χ0) is 23.8. The number of hydrogen-bond acceptors (Lipinski definition) is 4. The van der Waals surface area contributed by atoms with Gasteiger partial charge in [-0.1, -0.05) is 71.4 Å². The SMILES string of the molecule is CC1=C(c2nc(-c3ccccc3)no2)C(c2ccc(C)cc2)NC(=S)N1c1cc(C)cc(C)c1. The second kappa shape index (κ2) is 8.88. The second-order valence-electron chi connectivity index (χ2n) is 8.76. The van der Waals surface area contributed by atoms with Crippen molar-refractivity contribution in [2.24, 2.45) is 0 Å². The Morgan fingerprint density at radius 2 is 1.53 bits per heavy atom. The van der Waals surface area contributed by atoms with E-state index in [0.29, 0.717) is 16.8 Å². The maximum atomic E-state index is 5.87. The van der Waals surface area contributed by atoms with E-state index in [1.165, 1.54) is 16.7 Å². The predicted molar refractivity (Wildman–Crippen MR) is 140 cm³/mol. The van der Waals surface area contributed by atoms with Gasteiger partial charge in [0, 0.05) is 16.9 Å². The third kappa shape index (κ3) is 4.13. The number of hydrogen-bond donors (Lipinski definition) is 1. The van der Waals surface area contributed by atoms with Crippen LogP contribution in [-0.4, -0.2) is 15.3 Å². The van der Waals surface area contributed by atoms with Crippen LogP contribution >= 0.6 is 12.2 Å². The summed E-state index contributed by atoms with van der Waals surface area (Å²) in [5.74, 6) is 1.04. The molecule has 2 heterocycles. The van der Waals surface area contributed by atoms with E-state index in [-0.39, 0.29) is 6.04 Å². The Labute approximate surface area is 205 Å². The third-order valence-corrected chi connectivity index (χ3v) is 6.35. The number of thiocarbonyl (C=S) groups is 1. The Kier molecular flexibility index (Phi) is 5.75. The maximum absolute atomic E-state index is 5.87. The standard InChI is InChI=1S/C28H26N4OS/c1-17-10-12-21(13-11-17)25-24(27-30-26(31-33-27)22-8-6-5-7-9-22)20(4)32(28(34)29-25)23-15-18(2)14-19(3)16-23/h5-16,25H,1-4H3,(H,29,34). The van der Waals surface area contributed by atoms with Crippen molar-refractivity contribution < 1.29 is 4.52 Å². The quantitative estimate of drug-likeness (QED) is 0.345. The van der Waals surface area contributed by atoms with Crippen LogP contribution in [0.1, 0.15) is 41.1 Å². The molecule has 0 spiro atoms. The van der Waals surface area contributed by atoms with Gasteiger partial charge in [0.25, 0.3) is 5.89 Å². The molecule has 1 unspecified atom stereocenters. The molecule has 3 aromatic carbocycles. The van der Waals surface area contributed by atoms with Crippen molar-refractivity contribution in [2.45, 2.75) is 33.7 Å². The van der Waals surface area contributed by atoms with Crippen molar-refractivity contribution in [3.63, 3.8) is 0 Å². The summed E-state index contributed by atoms with van der Waals surface area (Å²) in [4.78, 5) is 6.85. The first-order chi connectivity index (χ1) is 16.4. The smallest absolute Gasteiger partial charge is 0.258 e. The zero-order valence-corrected chi connectivity index (χ0v) is 20.5. The van der Waals surface area contributed by atoms with Gasteiger partial charge in [-0.15, -0.1) is 0 Å². The van der Waals surface area contributed by atoms with Gasteiger partial charge < -0.3 is 9.84 Å². The lowest BCUT2D eigenvalue weighted by Crippen LogP contribution is -2.46. The Bertz CT molecular complexity index is 1370. The fourth-order valence-corrected chi connectivity index (χ4v) is 4.82. The molecule has 1 aliphatic heterocycles. The van der Waals surface area contributed by atoms with Crippen molar-refractivity contribution in [3.05, 3.63) is 107 Å². The fourth-order valence-electron chi connectivity index (χ4n) is 4.46. The minimum atomic E-state index is -0.209. The van der Waals surface area contributed by atoms with Gasteiger partial charge in [0.15, 0.2) is 5.11 Å². The number of nitrogens with one attached hydrogen (secondary N) is 1. The lowest BCUT2D eigenvalue weighted by molar-refractivity contribution is 0.404. The minimum Gasteiger partial charge on any atom is -0.351 e. The Hall–Kier alpha value is -3.77. The number of benzene rings is 3. The lowest BCUT2D eigenvalue weighted by Gasteiger charge is -2.37. The molecule has 0 bridgehead atoms. The molecule has 170 valence electrons. The van der Waals surface area contributed by atoms with Crippen LogP contribution in [0.5, 0.6) is 0 Å². The van der Waals surface area contributed by atoms with Crippen molar-refractivity contribution in [3.8, 4) is 11.4 Å². The van der Waals surface area contributed by atoms with Gasteiger partial charge in [-0.05, 0) is 68.7 Å². The van der Waals surface area contributed by atoms with E-state index in [1.807, 2.05) is 30.3 Å². The highest BCUT2D eigenvalue weighted by Crippen LogP contribution is 2.39. The number of aromatic nitrogens is 2. The van der Waals surface area contributed by atoms with Gasteiger partial charge >= 0.3 is 0 Å². The van der Waals surface area contributed by atoms with E-state index in [2.05, 4.69) is 85.5 Å². The van der Waals surface area contributed by atoms with Crippen LogP contribution in [0.25, 0.3) is 17.0 Å². The van der Waals surface area contributed by atoms with Crippen LogP contribution in [0.4, 0.5) is 5.69 Å². The highest BCUT2D eigenvalue weighted by Gasteiger charge is 2.34. The summed E-state index contributed by atoms with van der Waals surface area (Å²) in [6, 6.07) is 24.5. The first-order valence-corrected chi connectivity index (χ1v) is 11.7. The molecule has 0 aliphatic carbocycles. The van der Waals surface area contributed by atoms with Crippen LogP contribution in [0.3, 0.4) is 0 Å². The molecular formula is C28H26N4OS. The van der Waals surface area contributed by atoms with Crippen LogP contribution < -0.4 is 10.2 Å². The van der Waals surface area contributed by atoms with E-state index >= 15 is 0 Å². The molecule has 0 saturated heterocycles. The topological polar surface area (TPSA) is 54.2 Å². The number of nitrogens with zero attached hydrogens (tertiary/aromatic N) is 3. The molecule has 1 atom stereocenters. The highest BCUT2D eigenvalue weighted by atomic mass is 32.1. The van der Waals surface area contributed by atoms with Gasteiger partial charge in [-0.3, -0.25) is 4.90 Å². The number of rotatable bonds is 4. The molecule has 1 aromatic heterocycles. The fraction of sp³-hybridized carbons (Fsp3) is 0.179. The van der Waals surface area contributed by atoms with Crippen LogP contribution in [0.15, 0.2) is 83.0 Å². The van der Waals surface area contributed by atoms with Gasteiger partial charge in [0.2, 0.25) is 5.82 Å². The van der Waals surface area contributed by atoms with Gasteiger partial charge in [-0.25, -0.2) is 0 Å². The molecule has 5 nitrogen and oxygen atoms in total. The molecule has 0 saturated carbocycles. The van der Waals surface area contributed by atoms with E-state index in [0.717, 1.165) is 28.1 Å². The lowest BCUT2D eigenvalue weighted by atomic mass is 9.94. The first kappa shape index (κ1) is 22.0. The Morgan fingerprint density at radius 3 is 2.21 bits per heavy atom. The Balaban J connectivity index is 1.67. The molecule has 34 heavy (non-hydrogen) atoms. The van der Waals surface area contributed by atoms with E-state index in [1.54, 1.807) is 0 Å². The number of allylic oxidation sites excluding steroid dienone is 1. The first-order valence-electron chi connectivity index (χ1n) is 11.3. The molecule has 5 rings (SSSR count). The van der Waals surface area contributed by atoms with Crippen molar-refractivity contribution in [2.75, 3.05) is 4.90 Å². The summed E-state index contributed by atoms with van der Waals surface area (Å²) in [5.41, 5.74) is 8.43. The molecule has 4 aromatic rings. The van der Waals surface area contributed by atoms with Crippen molar-refractivity contribution >= 4 is 28.6 Å². The summed E-state index contributed by atoms with van der Waals surface area (Å²) in [7, 11) is 0. The zero-order valence-electron chi connectivity index (χ0n) is 19.7. The van der Waals surface area contributed by atoms with Crippen molar-refractivity contribution in [1.29, 1.82) is 0 Å². The third-order valence-electron chi connectivity index (χ3n) is 6.05. The molecule has 1 N–H and O–H groups in total.